The van der Waals surface area contributed by atoms with Crippen LogP contribution in [-0.2, 0) is 11.3 Å². The van der Waals surface area contributed by atoms with Gasteiger partial charge in [0.1, 0.15) is 12.3 Å². The molecule has 7 nitrogen and oxygen atoms in total. The summed E-state index contributed by atoms with van der Waals surface area (Å²) in [7, 11) is 0. The number of rotatable bonds is 4. The van der Waals surface area contributed by atoms with E-state index in [1.54, 1.807) is 24.3 Å². The van der Waals surface area contributed by atoms with E-state index in [4.69, 9.17) is 4.74 Å². The van der Waals surface area contributed by atoms with Gasteiger partial charge in [-0.25, -0.2) is 4.79 Å². The average molecular weight is 346 g/mol. The first kappa shape index (κ1) is 15.8. The fraction of sp³-hybridized carbons (Fsp3) is 0.0526. The number of fused-ring (bicyclic) bond motifs is 1. The summed E-state index contributed by atoms with van der Waals surface area (Å²) in [6.45, 7) is -0.0349. The summed E-state index contributed by atoms with van der Waals surface area (Å²) in [4.78, 5) is 28.3. The lowest BCUT2D eigenvalue weighted by Crippen LogP contribution is -2.13. The number of nitrogens with zero attached hydrogens (tertiary/aromatic N) is 3. The molecule has 2 aromatic heterocycles. The number of nitrogens with one attached hydrogen (secondary N) is 1. The summed E-state index contributed by atoms with van der Waals surface area (Å²) >= 11 is 0. The Hall–Kier alpha value is -3.74. The Labute approximate surface area is 147 Å². The second-order valence-electron chi connectivity index (χ2n) is 5.63. The normalized spacial score (nSPS) is 10.8. The van der Waals surface area contributed by atoms with E-state index in [9.17, 15) is 9.59 Å². The minimum absolute atomic E-state index is 0.0349. The monoisotopic (exact) mass is 346 g/mol. The number of hydrogen-bond acceptors (Lipinski definition) is 5. The van der Waals surface area contributed by atoms with Gasteiger partial charge in [-0.3, -0.25) is 4.79 Å². The molecule has 0 saturated heterocycles. The number of hydrogen-bond donors (Lipinski definition) is 1. The Morgan fingerprint density at radius 1 is 1.08 bits per heavy atom. The van der Waals surface area contributed by atoms with E-state index in [0.29, 0.717) is 16.6 Å². The smallest absolute Gasteiger partial charge is 0.339 e. The predicted molar refractivity (Wildman–Crippen MR) is 95.0 cm³/mol. The van der Waals surface area contributed by atoms with Crippen molar-refractivity contribution >= 4 is 16.9 Å². The van der Waals surface area contributed by atoms with Crippen molar-refractivity contribution in [3.05, 3.63) is 88.5 Å². The highest BCUT2D eigenvalue weighted by Crippen LogP contribution is 2.16. The number of carbonyl (C=O) groups excluding carboxylic acids is 1. The fourth-order valence-corrected chi connectivity index (χ4v) is 2.64. The summed E-state index contributed by atoms with van der Waals surface area (Å²) < 4.78 is 5.32. The number of aromatic amines is 1. The number of H-pyrrole nitrogens is 1. The van der Waals surface area contributed by atoms with Crippen LogP contribution in [0.4, 0.5) is 0 Å². The molecule has 0 atom stereocenters. The van der Waals surface area contributed by atoms with Crippen molar-refractivity contribution in [2.75, 3.05) is 0 Å². The average Bonchev–Trinajstić information content (AvgIpc) is 3.15. The van der Waals surface area contributed by atoms with Crippen LogP contribution in [-0.4, -0.2) is 25.9 Å². The Morgan fingerprint density at radius 2 is 1.85 bits per heavy atom. The van der Waals surface area contributed by atoms with E-state index >= 15 is 0 Å². The lowest BCUT2D eigenvalue weighted by molar-refractivity contribution is 0.0469. The Balaban J connectivity index is 1.53. The minimum Gasteiger partial charge on any atom is -0.455 e. The largest absolute Gasteiger partial charge is 0.455 e. The van der Waals surface area contributed by atoms with Gasteiger partial charge in [-0.05, 0) is 18.2 Å². The molecule has 0 spiro atoms. The molecule has 128 valence electrons. The molecule has 0 unspecified atom stereocenters. The second kappa shape index (κ2) is 6.64. The maximum Gasteiger partial charge on any atom is 0.339 e. The molecule has 26 heavy (non-hydrogen) atoms. The topological polar surface area (TPSA) is 89.9 Å². The fourth-order valence-electron chi connectivity index (χ4n) is 2.64. The van der Waals surface area contributed by atoms with Gasteiger partial charge in [0.2, 0.25) is 5.56 Å². The van der Waals surface area contributed by atoms with E-state index in [2.05, 4.69) is 15.2 Å². The molecule has 7 heteroatoms. The molecule has 0 aliphatic carbocycles. The van der Waals surface area contributed by atoms with Gasteiger partial charge in [-0.1, -0.05) is 36.4 Å². The first-order valence-electron chi connectivity index (χ1n) is 7.96. The number of esters is 1. The van der Waals surface area contributed by atoms with Crippen LogP contribution in [0.3, 0.4) is 0 Å². The quantitative estimate of drug-likeness (QED) is 0.573. The van der Waals surface area contributed by atoms with E-state index in [-0.39, 0.29) is 17.7 Å². The standard InChI is InChI=1S/C19H14N4O3/c24-18-10-16(15-8-4-5-9-17(15)21-18)19(25)26-12-13-11-20-23(22-13)14-6-2-1-3-7-14/h1-11H,12H2,(H,21,24). The molecular formula is C19H14N4O3. The zero-order valence-corrected chi connectivity index (χ0v) is 13.6. The maximum atomic E-state index is 12.4. The van der Waals surface area contributed by atoms with Gasteiger partial charge in [0.15, 0.2) is 0 Å². The van der Waals surface area contributed by atoms with Gasteiger partial charge in [-0.2, -0.15) is 9.90 Å². The molecule has 0 saturated carbocycles. The van der Waals surface area contributed by atoms with Gasteiger partial charge in [0.25, 0.3) is 0 Å². The van der Waals surface area contributed by atoms with Crippen molar-refractivity contribution in [2.24, 2.45) is 0 Å². The van der Waals surface area contributed by atoms with Crippen LogP contribution in [0.5, 0.6) is 0 Å². The third kappa shape index (κ3) is 3.10. The molecular weight excluding hydrogens is 332 g/mol. The lowest BCUT2D eigenvalue weighted by atomic mass is 10.1. The SMILES string of the molecule is O=C(OCc1cnn(-c2ccccc2)n1)c1cc(=O)[nH]c2ccccc12. The van der Waals surface area contributed by atoms with Crippen molar-refractivity contribution in [2.45, 2.75) is 6.61 Å². The number of benzene rings is 2. The van der Waals surface area contributed by atoms with Crippen LogP contribution < -0.4 is 5.56 Å². The van der Waals surface area contributed by atoms with Crippen molar-refractivity contribution in [3.63, 3.8) is 0 Å². The predicted octanol–water partition coefficient (Wildman–Crippen LogP) is 2.47. The number of aromatic nitrogens is 4. The van der Waals surface area contributed by atoms with Crippen LogP contribution in [0.1, 0.15) is 16.1 Å². The van der Waals surface area contributed by atoms with E-state index in [1.165, 1.54) is 17.1 Å². The van der Waals surface area contributed by atoms with Crippen LogP contribution in [0.15, 0.2) is 71.7 Å². The third-order valence-corrected chi connectivity index (χ3v) is 3.85. The Morgan fingerprint density at radius 3 is 2.69 bits per heavy atom. The molecule has 2 aromatic carbocycles. The van der Waals surface area contributed by atoms with Crippen molar-refractivity contribution < 1.29 is 9.53 Å². The molecule has 0 aliphatic heterocycles. The Kier molecular flexibility index (Phi) is 4.03. The summed E-state index contributed by atoms with van der Waals surface area (Å²) in [6.07, 6.45) is 1.54. The summed E-state index contributed by atoms with van der Waals surface area (Å²) in [5.74, 6) is -0.582. The molecule has 2 heterocycles. The van der Waals surface area contributed by atoms with Gasteiger partial charge in [-0.15, -0.1) is 5.10 Å². The van der Waals surface area contributed by atoms with E-state index in [0.717, 1.165) is 5.69 Å². The Bertz CT molecular complexity index is 1130. The lowest BCUT2D eigenvalue weighted by Gasteiger charge is -2.06. The van der Waals surface area contributed by atoms with E-state index < -0.39 is 5.97 Å². The molecule has 0 aliphatic rings. The zero-order valence-electron chi connectivity index (χ0n) is 13.6. The molecule has 1 N–H and O–H groups in total. The summed E-state index contributed by atoms with van der Waals surface area (Å²) in [5, 5.41) is 9.08. The maximum absolute atomic E-state index is 12.4. The highest BCUT2D eigenvalue weighted by molar-refractivity contribution is 6.03. The molecule has 0 bridgehead atoms. The number of carbonyl (C=O) groups is 1. The number of para-hydroxylation sites is 2. The van der Waals surface area contributed by atoms with Crippen molar-refractivity contribution in [1.29, 1.82) is 0 Å². The molecule has 0 radical (unpaired) electrons. The summed E-state index contributed by atoms with van der Waals surface area (Å²) in [6, 6.07) is 17.7. The molecule has 4 aromatic rings. The van der Waals surface area contributed by atoms with Gasteiger partial charge in [0, 0.05) is 17.0 Å². The highest BCUT2D eigenvalue weighted by Gasteiger charge is 2.14. The zero-order chi connectivity index (χ0) is 17.9. The first-order valence-corrected chi connectivity index (χ1v) is 7.96. The summed E-state index contributed by atoms with van der Waals surface area (Å²) in [5.41, 5.74) is 1.77. The van der Waals surface area contributed by atoms with Gasteiger partial charge < -0.3 is 9.72 Å². The third-order valence-electron chi connectivity index (χ3n) is 3.85. The van der Waals surface area contributed by atoms with Crippen molar-refractivity contribution in [3.8, 4) is 5.69 Å². The molecule has 0 amide bonds. The van der Waals surface area contributed by atoms with Crippen LogP contribution >= 0.6 is 0 Å². The van der Waals surface area contributed by atoms with Crippen LogP contribution in [0.2, 0.25) is 0 Å². The van der Waals surface area contributed by atoms with Crippen LogP contribution in [0.25, 0.3) is 16.6 Å². The van der Waals surface area contributed by atoms with Gasteiger partial charge in [0.05, 0.1) is 17.4 Å². The first-order chi connectivity index (χ1) is 12.7. The number of ether oxygens (including phenoxy) is 1. The highest BCUT2D eigenvalue weighted by atomic mass is 16.5. The molecule has 4 rings (SSSR count). The number of pyridine rings is 1. The van der Waals surface area contributed by atoms with Gasteiger partial charge >= 0.3 is 5.97 Å². The van der Waals surface area contributed by atoms with Crippen LogP contribution in [0, 0.1) is 0 Å². The van der Waals surface area contributed by atoms with E-state index in [1.807, 2.05) is 30.3 Å². The molecule has 0 fully saturated rings. The second-order valence-corrected chi connectivity index (χ2v) is 5.63. The minimum atomic E-state index is -0.582. The van der Waals surface area contributed by atoms with Crippen molar-refractivity contribution in [1.82, 2.24) is 20.0 Å².